The Kier molecular flexibility index (Phi) is 4.56. The Morgan fingerprint density at radius 1 is 1.11 bits per heavy atom. The molecule has 3 aliphatic rings. The Hall–Kier alpha value is -2.04. The van der Waals surface area contributed by atoms with Crippen LogP contribution in [0.1, 0.15) is 49.8 Å². The second kappa shape index (κ2) is 7.09. The van der Waals surface area contributed by atoms with E-state index < -0.39 is 0 Å². The molecule has 0 radical (unpaired) electrons. The third-order valence-corrected chi connectivity index (χ3v) is 6.51. The van der Waals surface area contributed by atoms with Gasteiger partial charge in [0.1, 0.15) is 5.75 Å². The molecule has 28 heavy (non-hydrogen) atoms. The van der Waals surface area contributed by atoms with E-state index in [0.717, 1.165) is 60.9 Å². The molecule has 1 fully saturated rings. The van der Waals surface area contributed by atoms with E-state index in [-0.39, 0.29) is 11.8 Å². The number of para-hydroxylation sites is 1. The van der Waals surface area contributed by atoms with Crippen molar-refractivity contribution in [2.75, 3.05) is 19.6 Å². The Bertz CT molecular complexity index is 887. The van der Waals surface area contributed by atoms with Crippen LogP contribution in [0.2, 0.25) is 5.02 Å². The minimum atomic E-state index is -0.336. The zero-order valence-corrected chi connectivity index (χ0v) is 17.0. The van der Waals surface area contributed by atoms with E-state index in [1.165, 1.54) is 12.0 Å². The van der Waals surface area contributed by atoms with Gasteiger partial charge < -0.3 is 9.64 Å². The Morgan fingerprint density at radius 3 is 2.61 bits per heavy atom. The van der Waals surface area contributed by atoms with Crippen molar-refractivity contribution in [3.05, 3.63) is 64.7 Å². The number of nitrogens with zero attached hydrogens (tertiary/aromatic N) is 3. The number of hydrogen-bond acceptors (Lipinski definition) is 4. The summed E-state index contributed by atoms with van der Waals surface area (Å²) in [6.45, 7) is 5.53. The standard InChI is InChI=1S/C23H26ClN3O/c1-2-13-26-14-11-23(12-15-26)27-21(19-5-3-4-6-22(19)28-23)16-20(25-27)17-7-9-18(24)10-8-17/h3-10,21H,2,11-16H2,1H3/t21-/m1/s1. The van der Waals surface area contributed by atoms with Crippen LogP contribution in [0, 0.1) is 0 Å². The molecule has 0 bridgehead atoms. The first-order valence-corrected chi connectivity index (χ1v) is 10.7. The van der Waals surface area contributed by atoms with Gasteiger partial charge in [0.2, 0.25) is 5.72 Å². The molecule has 1 spiro atoms. The lowest BCUT2D eigenvalue weighted by Crippen LogP contribution is -2.59. The highest BCUT2D eigenvalue weighted by Gasteiger charge is 2.51. The van der Waals surface area contributed by atoms with Gasteiger partial charge in [0.25, 0.3) is 0 Å². The predicted octanol–water partition coefficient (Wildman–Crippen LogP) is 5.09. The SMILES string of the molecule is CCCN1CCC2(CC1)Oc1ccccc1[C@H]1CC(c3ccc(Cl)cc3)=NN12. The summed E-state index contributed by atoms with van der Waals surface area (Å²) in [7, 11) is 0. The first-order chi connectivity index (χ1) is 13.7. The first kappa shape index (κ1) is 18.0. The second-order valence-corrected chi connectivity index (χ2v) is 8.48. The molecule has 0 amide bonds. The third-order valence-electron chi connectivity index (χ3n) is 6.26. The van der Waals surface area contributed by atoms with E-state index in [4.69, 9.17) is 21.4 Å². The molecule has 2 aromatic carbocycles. The highest BCUT2D eigenvalue weighted by Crippen LogP contribution is 2.49. The highest BCUT2D eigenvalue weighted by molar-refractivity contribution is 6.30. The fraction of sp³-hybridized carbons (Fsp3) is 0.435. The molecule has 1 saturated heterocycles. The van der Waals surface area contributed by atoms with Crippen LogP contribution in [0.15, 0.2) is 53.6 Å². The van der Waals surface area contributed by atoms with Crippen molar-refractivity contribution < 1.29 is 4.74 Å². The molecule has 5 rings (SSSR count). The van der Waals surface area contributed by atoms with Crippen LogP contribution in [0.5, 0.6) is 5.75 Å². The van der Waals surface area contributed by atoms with Gasteiger partial charge in [-0.3, -0.25) is 0 Å². The summed E-state index contributed by atoms with van der Waals surface area (Å²) in [6, 6.07) is 16.8. The number of rotatable bonds is 3. The van der Waals surface area contributed by atoms with Crippen molar-refractivity contribution in [2.45, 2.75) is 44.4 Å². The molecule has 3 heterocycles. The smallest absolute Gasteiger partial charge is 0.200 e. The molecule has 1 atom stereocenters. The largest absolute Gasteiger partial charge is 0.466 e. The van der Waals surface area contributed by atoms with Crippen LogP contribution in [0.4, 0.5) is 0 Å². The molecular formula is C23H26ClN3O. The average Bonchev–Trinajstić information content (AvgIpc) is 3.17. The number of fused-ring (bicyclic) bond motifs is 4. The monoisotopic (exact) mass is 395 g/mol. The second-order valence-electron chi connectivity index (χ2n) is 8.05. The molecule has 146 valence electrons. The van der Waals surface area contributed by atoms with E-state index in [1.807, 2.05) is 12.1 Å². The van der Waals surface area contributed by atoms with E-state index >= 15 is 0 Å². The van der Waals surface area contributed by atoms with E-state index in [2.05, 4.69) is 53.2 Å². The summed E-state index contributed by atoms with van der Waals surface area (Å²) < 4.78 is 6.68. The number of likely N-dealkylation sites (tertiary alicyclic amines) is 1. The van der Waals surface area contributed by atoms with Crippen molar-refractivity contribution in [1.82, 2.24) is 9.91 Å². The van der Waals surface area contributed by atoms with Crippen LogP contribution in [0.25, 0.3) is 0 Å². The maximum atomic E-state index is 6.68. The molecule has 0 aromatic heterocycles. The minimum absolute atomic E-state index is 0.244. The normalized spacial score (nSPS) is 23.1. The van der Waals surface area contributed by atoms with Crippen molar-refractivity contribution in [3.8, 4) is 5.75 Å². The summed E-state index contributed by atoms with van der Waals surface area (Å²) in [4.78, 5) is 2.55. The molecule has 0 saturated carbocycles. The number of piperidine rings is 1. The highest BCUT2D eigenvalue weighted by atomic mass is 35.5. The molecule has 0 unspecified atom stereocenters. The Morgan fingerprint density at radius 2 is 1.86 bits per heavy atom. The minimum Gasteiger partial charge on any atom is -0.466 e. The Balaban J connectivity index is 1.51. The molecular weight excluding hydrogens is 370 g/mol. The predicted molar refractivity (Wildman–Crippen MR) is 113 cm³/mol. The van der Waals surface area contributed by atoms with Crippen molar-refractivity contribution in [3.63, 3.8) is 0 Å². The van der Waals surface area contributed by atoms with Crippen LogP contribution < -0.4 is 4.74 Å². The van der Waals surface area contributed by atoms with E-state index in [0.29, 0.717) is 0 Å². The summed E-state index contributed by atoms with van der Waals surface area (Å²) in [5.41, 5.74) is 3.18. The quantitative estimate of drug-likeness (QED) is 0.724. The van der Waals surface area contributed by atoms with Gasteiger partial charge >= 0.3 is 0 Å². The number of hydrogen-bond donors (Lipinski definition) is 0. The summed E-state index contributed by atoms with van der Waals surface area (Å²) >= 11 is 6.09. The van der Waals surface area contributed by atoms with Crippen molar-refractivity contribution in [1.29, 1.82) is 0 Å². The van der Waals surface area contributed by atoms with Crippen LogP contribution in [0.3, 0.4) is 0 Å². The molecule has 0 aliphatic carbocycles. The topological polar surface area (TPSA) is 28.1 Å². The molecule has 0 N–H and O–H groups in total. The first-order valence-electron chi connectivity index (χ1n) is 10.3. The van der Waals surface area contributed by atoms with Gasteiger partial charge in [-0.25, -0.2) is 5.01 Å². The molecule has 4 nitrogen and oxygen atoms in total. The van der Waals surface area contributed by atoms with Gasteiger partial charge in [0.15, 0.2) is 0 Å². The van der Waals surface area contributed by atoms with Gasteiger partial charge in [-0.2, -0.15) is 5.10 Å². The zero-order valence-electron chi connectivity index (χ0n) is 16.3. The lowest BCUT2D eigenvalue weighted by Gasteiger charge is -2.51. The van der Waals surface area contributed by atoms with Crippen LogP contribution in [-0.4, -0.2) is 41.0 Å². The lowest BCUT2D eigenvalue weighted by molar-refractivity contribution is -0.149. The number of ether oxygens (including phenoxy) is 1. The third kappa shape index (κ3) is 2.99. The van der Waals surface area contributed by atoms with Crippen LogP contribution in [-0.2, 0) is 0 Å². The average molecular weight is 396 g/mol. The van der Waals surface area contributed by atoms with Gasteiger partial charge in [-0.05, 0) is 36.7 Å². The van der Waals surface area contributed by atoms with Gasteiger partial charge in [-0.15, -0.1) is 0 Å². The summed E-state index contributed by atoms with van der Waals surface area (Å²) in [6.07, 6.45) is 4.06. The molecule has 2 aromatic rings. The molecule has 5 heteroatoms. The maximum absolute atomic E-state index is 6.68. The Labute approximate surface area is 171 Å². The molecule has 3 aliphatic heterocycles. The maximum Gasteiger partial charge on any atom is 0.200 e. The van der Waals surface area contributed by atoms with Crippen molar-refractivity contribution >= 4 is 17.3 Å². The lowest BCUT2D eigenvalue weighted by atomic mass is 9.90. The van der Waals surface area contributed by atoms with Crippen molar-refractivity contribution in [2.24, 2.45) is 5.10 Å². The number of hydrazone groups is 1. The number of halogens is 1. The van der Waals surface area contributed by atoms with E-state index in [1.54, 1.807) is 0 Å². The van der Waals surface area contributed by atoms with Gasteiger partial charge in [0.05, 0.1) is 11.8 Å². The van der Waals surface area contributed by atoms with Crippen LogP contribution >= 0.6 is 11.6 Å². The fourth-order valence-corrected chi connectivity index (χ4v) is 4.94. The van der Waals surface area contributed by atoms with Gasteiger partial charge in [0, 0.05) is 42.9 Å². The summed E-state index contributed by atoms with van der Waals surface area (Å²) in [5, 5.41) is 8.16. The summed E-state index contributed by atoms with van der Waals surface area (Å²) in [5.74, 6) is 1.03. The number of benzene rings is 2. The fourth-order valence-electron chi connectivity index (χ4n) is 4.82. The zero-order chi connectivity index (χ0) is 19.1. The van der Waals surface area contributed by atoms with E-state index in [9.17, 15) is 0 Å². The van der Waals surface area contributed by atoms with Gasteiger partial charge in [-0.1, -0.05) is 48.9 Å².